The van der Waals surface area contributed by atoms with E-state index in [-0.39, 0.29) is 23.0 Å². The van der Waals surface area contributed by atoms with Crippen LogP contribution < -0.4 is 15.5 Å². The lowest BCUT2D eigenvalue weighted by atomic mass is 9.79. The normalized spacial score (nSPS) is 14.5. The molecular formula is C21H18F4N3O+. The number of anilines is 1. The molecule has 0 amide bonds. The summed E-state index contributed by atoms with van der Waals surface area (Å²) in [5.74, 6) is -1.14. The molecule has 0 bridgehead atoms. The largest absolute Gasteiger partial charge is 0.426 e. The molecule has 3 N–H and O–H groups in total. The third kappa shape index (κ3) is 3.74. The second kappa shape index (κ2) is 7.35. The van der Waals surface area contributed by atoms with Crippen molar-refractivity contribution in [1.82, 2.24) is 4.98 Å². The van der Waals surface area contributed by atoms with Crippen molar-refractivity contribution >= 4 is 5.82 Å². The van der Waals surface area contributed by atoms with Crippen molar-refractivity contribution in [3.05, 3.63) is 65.7 Å². The number of nitrogens with one attached hydrogen (secondary N) is 1. The molecule has 2 heterocycles. The van der Waals surface area contributed by atoms with E-state index in [9.17, 15) is 13.2 Å². The van der Waals surface area contributed by atoms with Crippen LogP contribution in [0.4, 0.5) is 23.4 Å². The third-order valence-electron chi connectivity index (χ3n) is 5.10. The summed E-state index contributed by atoms with van der Waals surface area (Å²) in [7, 11) is 0. The molecule has 0 saturated heterocycles. The van der Waals surface area contributed by atoms with E-state index < -0.39 is 23.4 Å². The van der Waals surface area contributed by atoms with E-state index >= 15 is 4.39 Å². The van der Waals surface area contributed by atoms with Gasteiger partial charge in [-0.05, 0) is 37.0 Å². The summed E-state index contributed by atoms with van der Waals surface area (Å²) >= 11 is 0. The van der Waals surface area contributed by atoms with Crippen molar-refractivity contribution in [1.29, 1.82) is 0 Å². The Morgan fingerprint density at radius 3 is 2.52 bits per heavy atom. The zero-order valence-corrected chi connectivity index (χ0v) is 15.3. The van der Waals surface area contributed by atoms with Gasteiger partial charge in [0.2, 0.25) is 0 Å². The maximum atomic E-state index is 15.5. The Bertz CT molecular complexity index is 1030. The van der Waals surface area contributed by atoms with Crippen LogP contribution in [0.1, 0.15) is 36.3 Å². The second-order valence-electron chi connectivity index (χ2n) is 6.96. The van der Waals surface area contributed by atoms with Crippen molar-refractivity contribution in [2.24, 2.45) is 0 Å². The Labute approximate surface area is 164 Å². The second-order valence-corrected chi connectivity index (χ2v) is 6.96. The van der Waals surface area contributed by atoms with Gasteiger partial charge in [0.1, 0.15) is 5.82 Å². The number of H-pyrrole nitrogens is 1. The lowest BCUT2D eigenvalue weighted by molar-refractivity contribution is -0.394. The van der Waals surface area contributed by atoms with Gasteiger partial charge in [-0.15, -0.1) is 0 Å². The van der Waals surface area contributed by atoms with Crippen LogP contribution in [-0.2, 0) is 6.18 Å². The first kappa shape index (κ1) is 19.2. The van der Waals surface area contributed by atoms with Gasteiger partial charge in [-0.3, -0.25) is 0 Å². The van der Waals surface area contributed by atoms with Crippen LogP contribution in [0.25, 0.3) is 11.1 Å². The number of rotatable bonds is 4. The number of alkyl halides is 3. The predicted octanol–water partition coefficient (Wildman–Crippen LogP) is 5.36. The number of nitrogen functional groups attached to an aromatic ring is 1. The van der Waals surface area contributed by atoms with E-state index in [1.165, 1.54) is 24.5 Å². The Morgan fingerprint density at radius 1 is 1.10 bits per heavy atom. The van der Waals surface area contributed by atoms with Gasteiger partial charge in [0, 0.05) is 29.0 Å². The molecule has 29 heavy (non-hydrogen) atoms. The van der Waals surface area contributed by atoms with E-state index in [0.717, 1.165) is 25.3 Å². The Hall–Kier alpha value is -3.16. The molecule has 4 rings (SSSR count). The molecule has 4 nitrogen and oxygen atoms in total. The first-order chi connectivity index (χ1) is 13.8. The number of aromatic nitrogens is 2. The number of halogens is 4. The van der Waals surface area contributed by atoms with E-state index in [0.29, 0.717) is 11.1 Å². The topological polar surface area (TPSA) is 62.3 Å². The number of pyridine rings is 2. The first-order valence-corrected chi connectivity index (χ1v) is 9.14. The molecule has 1 fully saturated rings. The molecule has 1 aromatic carbocycles. The van der Waals surface area contributed by atoms with Gasteiger partial charge < -0.3 is 10.5 Å². The quantitative estimate of drug-likeness (QED) is 0.595. The van der Waals surface area contributed by atoms with Crippen LogP contribution in [0.2, 0.25) is 0 Å². The molecule has 1 aliphatic carbocycles. The van der Waals surface area contributed by atoms with Crippen LogP contribution in [0, 0.1) is 5.82 Å². The highest BCUT2D eigenvalue weighted by Gasteiger charge is 2.39. The molecule has 0 radical (unpaired) electrons. The van der Waals surface area contributed by atoms with Crippen LogP contribution in [0.3, 0.4) is 0 Å². The highest BCUT2D eigenvalue weighted by atomic mass is 19.4. The number of ether oxygens (including phenoxy) is 1. The number of benzene rings is 1. The zero-order chi connectivity index (χ0) is 20.6. The SMILES string of the molecule is Nc1ccc(-c2ccc(C3CCC3)c(Oc3[nH+]cccc3C(F)(F)F)c2F)cn1. The summed E-state index contributed by atoms with van der Waals surface area (Å²) in [5, 5.41) is 0. The van der Waals surface area contributed by atoms with Gasteiger partial charge >= 0.3 is 12.1 Å². The van der Waals surface area contributed by atoms with Crippen LogP contribution in [0.15, 0.2) is 48.8 Å². The Kier molecular flexibility index (Phi) is 4.86. The van der Waals surface area contributed by atoms with Gasteiger partial charge in [0.25, 0.3) is 0 Å². The van der Waals surface area contributed by atoms with Crippen molar-refractivity contribution in [2.75, 3.05) is 5.73 Å². The predicted molar refractivity (Wildman–Crippen MR) is 98.7 cm³/mol. The average molecular weight is 404 g/mol. The molecule has 3 aromatic rings. The fraction of sp³-hybridized carbons (Fsp3) is 0.238. The highest BCUT2D eigenvalue weighted by Crippen LogP contribution is 2.46. The number of hydrogen-bond donors (Lipinski definition) is 1. The fourth-order valence-electron chi connectivity index (χ4n) is 3.33. The Morgan fingerprint density at radius 2 is 1.90 bits per heavy atom. The highest BCUT2D eigenvalue weighted by molar-refractivity contribution is 5.68. The third-order valence-corrected chi connectivity index (χ3v) is 5.10. The monoisotopic (exact) mass is 404 g/mol. The molecule has 0 spiro atoms. The van der Waals surface area contributed by atoms with Gasteiger partial charge in [0.05, 0.1) is 0 Å². The maximum Gasteiger partial charge on any atom is 0.426 e. The molecule has 0 atom stereocenters. The van der Waals surface area contributed by atoms with E-state index in [2.05, 4.69) is 9.97 Å². The summed E-state index contributed by atoms with van der Waals surface area (Å²) in [6.07, 6.45) is 0.737. The summed E-state index contributed by atoms with van der Waals surface area (Å²) in [6, 6.07) is 8.55. The minimum absolute atomic E-state index is 0.0520. The standard InChI is InChI=1S/C21H17F4N3O/c22-18-14(13-6-9-17(26)28-11-13)7-8-15(12-3-1-4-12)19(18)29-20-16(21(23,24)25)5-2-10-27-20/h2,5-12H,1,3-4H2,(H2,26,28)/p+1. The smallest absolute Gasteiger partial charge is 0.401 e. The summed E-state index contributed by atoms with van der Waals surface area (Å²) < 4.78 is 61.1. The van der Waals surface area contributed by atoms with Crippen LogP contribution in [0.5, 0.6) is 11.6 Å². The van der Waals surface area contributed by atoms with Gasteiger partial charge in [-0.2, -0.15) is 18.2 Å². The van der Waals surface area contributed by atoms with Gasteiger partial charge in [-0.1, -0.05) is 18.6 Å². The van der Waals surface area contributed by atoms with Gasteiger partial charge in [-0.25, -0.2) is 9.37 Å². The number of nitrogens with zero attached hydrogens (tertiary/aromatic N) is 1. The van der Waals surface area contributed by atoms with E-state index in [4.69, 9.17) is 10.5 Å². The molecule has 2 aromatic heterocycles. The van der Waals surface area contributed by atoms with Crippen LogP contribution >= 0.6 is 0 Å². The number of nitrogens with two attached hydrogens (primary N) is 1. The summed E-state index contributed by atoms with van der Waals surface area (Å²) in [4.78, 5) is 6.41. The van der Waals surface area contributed by atoms with Crippen molar-refractivity contribution in [2.45, 2.75) is 31.4 Å². The van der Waals surface area contributed by atoms with Crippen molar-refractivity contribution in [3.63, 3.8) is 0 Å². The Balaban J connectivity index is 1.83. The zero-order valence-electron chi connectivity index (χ0n) is 15.3. The molecule has 1 saturated carbocycles. The fourth-order valence-corrected chi connectivity index (χ4v) is 3.33. The van der Waals surface area contributed by atoms with Crippen molar-refractivity contribution < 1.29 is 27.3 Å². The van der Waals surface area contributed by atoms with E-state index in [1.807, 2.05) is 0 Å². The summed E-state index contributed by atoms with van der Waals surface area (Å²) in [6.45, 7) is 0. The summed E-state index contributed by atoms with van der Waals surface area (Å²) in [5.41, 5.74) is 5.78. The van der Waals surface area contributed by atoms with Crippen LogP contribution in [-0.4, -0.2) is 4.98 Å². The van der Waals surface area contributed by atoms with E-state index in [1.54, 1.807) is 18.2 Å². The first-order valence-electron chi connectivity index (χ1n) is 9.14. The molecule has 1 aliphatic rings. The lowest BCUT2D eigenvalue weighted by Crippen LogP contribution is -2.17. The number of hydrogen-bond acceptors (Lipinski definition) is 3. The minimum Gasteiger partial charge on any atom is -0.401 e. The average Bonchev–Trinajstić information content (AvgIpc) is 2.64. The molecule has 8 heteroatoms. The molecule has 150 valence electrons. The molecular weight excluding hydrogens is 386 g/mol. The van der Waals surface area contributed by atoms with Crippen molar-refractivity contribution in [3.8, 4) is 22.8 Å². The minimum atomic E-state index is -4.64. The number of aromatic amines is 1. The van der Waals surface area contributed by atoms with Gasteiger partial charge in [0.15, 0.2) is 23.3 Å². The molecule has 0 unspecified atom stereocenters. The molecule has 0 aliphatic heterocycles. The maximum absolute atomic E-state index is 15.5. The lowest BCUT2D eigenvalue weighted by Gasteiger charge is -2.28.